The van der Waals surface area contributed by atoms with Gasteiger partial charge in [-0.1, -0.05) is 36.4 Å². The Morgan fingerprint density at radius 3 is 2.59 bits per heavy atom. The number of furan rings is 1. The monoisotopic (exact) mass is 397 g/mol. The van der Waals surface area contributed by atoms with Crippen molar-refractivity contribution in [3.63, 3.8) is 0 Å². The third kappa shape index (κ3) is 3.57. The second-order valence-electron chi connectivity index (χ2n) is 5.87. The Bertz CT molecular complexity index is 1200. The van der Waals surface area contributed by atoms with E-state index in [0.29, 0.717) is 10.3 Å². The van der Waals surface area contributed by atoms with E-state index in [1.807, 2.05) is 24.3 Å². The number of rotatable bonds is 6. The molecule has 0 aliphatic heterocycles. The molecule has 2 aromatic heterocycles. The summed E-state index contributed by atoms with van der Waals surface area (Å²) in [5, 5.41) is 1.54. The summed E-state index contributed by atoms with van der Waals surface area (Å²) in [5.41, 5.74) is 0. The van der Waals surface area contributed by atoms with Crippen molar-refractivity contribution >= 4 is 37.9 Å². The maximum absolute atomic E-state index is 12.8. The molecular weight excluding hydrogens is 382 g/mol. The van der Waals surface area contributed by atoms with Crippen LogP contribution < -0.4 is 4.72 Å². The zero-order valence-electron chi connectivity index (χ0n) is 14.1. The van der Waals surface area contributed by atoms with Crippen LogP contribution in [0, 0.1) is 0 Å². The Kier molecular flexibility index (Phi) is 4.65. The molecule has 7 heteroatoms. The zero-order valence-corrected chi connectivity index (χ0v) is 15.7. The predicted molar refractivity (Wildman–Crippen MR) is 104 cm³/mol. The van der Waals surface area contributed by atoms with Crippen molar-refractivity contribution in [2.45, 2.75) is 11.4 Å². The quantitative estimate of drug-likeness (QED) is 0.495. The van der Waals surface area contributed by atoms with Crippen LogP contribution in [-0.4, -0.2) is 14.2 Å². The molecular formula is C20H15NO4S2. The molecule has 0 spiro atoms. The van der Waals surface area contributed by atoms with E-state index in [0.717, 1.165) is 10.3 Å². The molecule has 4 aromatic rings. The van der Waals surface area contributed by atoms with Crippen LogP contribution in [-0.2, 0) is 16.6 Å². The van der Waals surface area contributed by atoms with Crippen molar-refractivity contribution < 1.29 is 17.6 Å². The SMILES string of the molecule is O=C(c1ccco1)c1ccc(CNS(=O)(=O)c2cccc3ccccc23)s1. The summed E-state index contributed by atoms with van der Waals surface area (Å²) < 4.78 is 33.3. The van der Waals surface area contributed by atoms with Gasteiger partial charge in [0.05, 0.1) is 16.0 Å². The van der Waals surface area contributed by atoms with E-state index in [-0.39, 0.29) is 23.0 Å². The number of hydrogen-bond acceptors (Lipinski definition) is 5. The first-order valence-electron chi connectivity index (χ1n) is 8.19. The fraction of sp³-hybridized carbons (Fsp3) is 0.0500. The van der Waals surface area contributed by atoms with Crippen LogP contribution in [0.25, 0.3) is 10.8 Å². The first-order chi connectivity index (χ1) is 13.0. The number of carbonyl (C=O) groups excluding carboxylic acids is 1. The van der Waals surface area contributed by atoms with E-state index in [1.165, 1.54) is 17.6 Å². The summed E-state index contributed by atoms with van der Waals surface area (Å²) in [6.07, 6.45) is 1.44. The van der Waals surface area contributed by atoms with Gasteiger partial charge in [0.25, 0.3) is 0 Å². The molecule has 0 radical (unpaired) electrons. The predicted octanol–water partition coefficient (Wildman–Crippen LogP) is 4.20. The van der Waals surface area contributed by atoms with E-state index < -0.39 is 10.0 Å². The average Bonchev–Trinajstić information content (AvgIpc) is 3.37. The lowest BCUT2D eigenvalue weighted by Crippen LogP contribution is -2.23. The molecule has 2 aromatic carbocycles. The number of benzene rings is 2. The lowest BCUT2D eigenvalue weighted by Gasteiger charge is -2.09. The van der Waals surface area contributed by atoms with Crippen LogP contribution in [0.5, 0.6) is 0 Å². The van der Waals surface area contributed by atoms with Crippen molar-refractivity contribution in [2.75, 3.05) is 0 Å². The minimum atomic E-state index is -3.69. The number of sulfonamides is 1. The molecule has 4 rings (SSSR count). The standard InChI is InChI=1S/C20H15NO4S2/c22-20(17-8-4-12-25-17)18-11-10-15(26-18)13-21-27(23,24)19-9-3-6-14-5-1-2-7-16(14)19/h1-12,21H,13H2. The Balaban J connectivity index is 1.54. The molecule has 2 heterocycles. The lowest BCUT2D eigenvalue weighted by molar-refractivity contribution is 0.101. The van der Waals surface area contributed by atoms with Crippen LogP contribution in [0.2, 0.25) is 0 Å². The third-order valence-electron chi connectivity index (χ3n) is 4.11. The van der Waals surface area contributed by atoms with Gasteiger partial charge in [-0.2, -0.15) is 0 Å². The molecule has 136 valence electrons. The summed E-state index contributed by atoms with van der Waals surface area (Å²) in [4.78, 5) is 13.8. The van der Waals surface area contributed by atoms with Gasteiger partial charge >= 0.3 is 0 Å². The largest absolute Gasteiger partial charge is 0.461 e. The van der Waals surface area contributed by atoms with Crippen molar-refractivity contribution in [1.82, 2.24) is 4.72 Å². The van der Waals surface area contributed by atoms with Gasteiger partial charge < -0.3 is 4.42 Å². The van der Waals surface area contributed by atoms with Crippen molar-refractivity contribution in [1.29, 1.82) is 0 Å². The average molecular weight is 397 g/mol. The van der Waals surface area contributed by atoms with Crippen LogP contribution in [0.1, 0.15) is 20.3 Å². The van der Waals surface area contributed by atoms with Crippen LogP contribution in [0.4, 0.5) is 0 Å². The number of ketones is 1. The number of carbonyl (C=O) groups is 1. The molecule has 0 unspecified atom stereocenters. The maximum Gasteiger partial charge on any atom is 0.241 e. The lowest BCUT2D eigenvalue weighted by atomic mass is 10.1. The molecule has 0 bridgehead atoms. The van der Waals surface area contributed by atoms with E-state index >= 15 is 0 Å². The molecule has 0 fully saturated rings. The minimum absolute atomic E-state index is 0.113. The van der Waals surface area contributed by atoms with Crippen LogP contribution >= 0.6 is 11.3 Å². The molecule has 5 nitrogen and oxygen atoms in total. The molecule has 0 saturated carbocycles. The molecule has 0 aliphatic rings. The van der Waals surface area contributed by atoms with Crippen molar-refractivity contribution in [3.05, 3.63) is 88.5 Å². The van der Waals surface area contributed by atoms with Crippen LogP contribution in [0.3, 0.4) is 0 Å². The minimum Gasteiger partial charge on any atom is -0.461 e. The highest BCUT2D eigenvalue weighted by Gasteiger charge is 2.18. The van der Waals surface area contributed by atoms with Crippen molar-refractivity contribution in [2.24, 2.45) is 0 Å². The third-order valence-corrected chi connectivity index (χ3v) is 6.65. The number of nitrogens with one attached hydrogen (secondary N) is 1. The fourth-order valence-corrected chi connectivity index (χ4v) is 5.02. The highest BCUT2D eigenvalue weighted by Crippen LogP contribution is 2.24. The van der Waals surface area contributed by atoms with Gasteiger partial charge in [-0.25, -0.2) is 13.1 Å². The summed E-state index contributed by atoms with van der Waals surface area (Å²) in [6, 6.07) is 19.2. The van der Waals surface area contributed by atoms with Gasteiger partial charge in [0, 0.05) is 16.8 Å². The second kappa shape index (κ2) is 7.11. The first-order valence-corrected chi connectivity index (χ1v) is 10.5. The number of thiophene rings is 1. The van der Waals surface area contributed by atoms with E-state index in [4.69, 9.17) is 4.42 Å². The molecule has 0 amide bonds. The van der Waals surface area contributed by atoms with Gasteiger partial charge in [0.15, 0.2) is 5.76 Å². The normalized spacial score (nSPS) is 11.7. The van der Waals surface area contributed by atoms with Gasteiger partial charge in [0.2, 0.25) is 15.8 Å². The van der Waals surface area contributed by atoms with Crippen molar-refractivity contribution in [3.8, 4) is 0 Å². The van der Waals surface area contributed by atoms with Crippen LogP contribution in [0.15, 0.2) is 82.3 Å². The van der Waals surface area contributed by atoms with Gasteiger partial charge in [-0.3, -0.25) is 4.79 Å². The van der Waals surface area contributed by atoms with E-state index in [2.05, 4.69) is 4.72 Å². The molecule has 0 aliphatic carbocycles. The summed E-state index contributed by atoms with van der Waals surface area (Å²) >= 11 is 1.24. The first kappa shape index (κ1) is 17.7. The summed E-state index contributed by atoms with van der Waals surface area (Å²) in [7, 11) is -3.69. The number of hydrogen-bond donors (Lipinski definition) is 1. The Labute approximate surface area is 160 Å². The summed E-state index contributed by atoms with van der Waals surface area (Å²) in [6.45, 7) is 0.113. The van der Waals surface area contributed by atoms with E-state index in [9.17, 15) is 13.2 Å². The zero-order chi connectivity index (χ0) is 18.9. The van der Waals surface area contributed by atoms with Gasteiger partial charge in [-0.15, -0.1) is 11.3 Å². The Hall–Kier alpha value is -2.74. The Morgan fingerprint density at radius 2 is 1.78 bits per heavy atom. The molecule has 27 heavy (non-hydrogen) atoms. The fourth-order valence-electron chi connectivity index (χ4n) is 2.80. The van der Waals surface area contributed by atoms with Gasteiger partial charge in [-0.05, 0) is 35.7 Å². The topological polar surface area (TPSA) is 76.4 Å². The molecule has 0 atom stereocenters. The summed E-state index contributed by atoms with van der Waals surface area (Å²) in [5.74, 6) is 0.0490. The maximum atomic E-state index is 12.8. The second-order valence-corrected chi connectivity index (χ2v) is 8.78. The smallest absolute Gasteiger partial charge is 0.241 e. The highest BCUT2D eigenvalue weighted by molar-refractivity contribution is 7.89. The van der Waals surface area contributed by atoms with Gasteiger partial charge in [0.1, 0.15) is 0 Å². The molecule has 0 saturated heterocycles. The Morgan fingerprint density at radius 1 is 0.963 bits per heavy atom. The van der Waals surface area contributed by atoms with E-state index in [1.54, 1.807) is 42.5 Å². The number of fused-ring (bicyclic) bond motifs is 1. The highest BCUT2D eigenvalue weighted by atomic mass is 32.2. The molecule has 1 N–H and O–H groups in total.